The Balaban J connectivity index is 2.22. The van der Waals surface area contributed by atoms with Gasteiger partial charge < -0.3 is 5.32 Å². The van der Waals surface area contributed by atoms with E-state index in [1.54, 1.807) is 6.92 Å². The third-order valence-electron chi connectivity index (χ3n) is 2.77. The number of rotatable bonds is 6. The summed E-state index contributed by atoms with van der Waals surface area (Å²) < 4.78 is 22.4. The van der Waals surface area contributed by atoms with Gasteiger partial charge >= 0.3 is 0 Å². The van der Waals surface area contributed by atoms with Crippen LogP contribution < -0.4 is 5.32 Å². The number of sulfone groups is 1. The third-order valence-corrected chi connectivity index (χ3v) is 4.56. The molecule has 1 rings (SSSR count). The van der Waals surface area contributed by atoms with Crippen LogP contribution in [0.15, 0.2) is 0 Å². The molecule has 4 nitrogen and oxygen atoms in total. The van der Waals surface area contributed by atoms with E-state index in [1.165, 1.54) is 0 Å². The minimum atomic E-state index is -2.91. The van der Waals surface area contributed by atoms with Crippen LogP contribution in [0.2, 0.25) is 0 Å². The number of hydrogen-bond acceptors (Lipinski definition) is 4. The van der Waals surface area contributed by atoms with Gasteiger partial charge in [-0.1, -0.05) is 6.92 Å². The Hall–Kier alpha value is -0.420. The predicted octanol–water partition coefficient (Wildman–Crippen LogP) is 0.522. The highest BCUT2D eigenvalue weighted by atomic mass is 32.2. The molecule has 88 valence electrons. The average Bonchev–Trinajstić information content (AvgIpc) is 2.70. The Bertz CT molecular complexity index is 305. The highest BCUT2D eigenvalue weighted by molar-refractivity contribution is 7.91. The van der Waals surface area contributed by atoms with Crippen molar-refractivity contribution in [2.75, 3.05) is 18.1 Å². The number of carbonyl (C=O) groups is 1. The lowest BCUT2D eigenvalue weighted by Crippen LogP contribution is -2.30. The van der Waals surface area contributed by atoms with E-state index in [-0.39, 0.29) is 23.3 Å². The van der Waals surface area contributed by atoms with Crippen LogP contribution in [0.5, 0.6) is 0 Å². The first-order valence-electron chi connectivity index (χ1n) is 5.51. The summed E-state index contributed by atoms with van der Waals surface area (Å²) in [5.41, 5.74) is 0. The Kier molecular flexibility index (Phi) is 4.73. The smallest absolute Gasteiger partial charge is 0.150 e. The summed E-state index contributed by atoms with van der Waals surface area (Å²) in [5.74, 6) is 0.476. The maximum absolute atomic E-state index is 11.6. The minimum Gasteiger partial charge on any atom is -0.307 e. The van der Waals surface area contributed by atoms with Crippen molar-refractivity contribution in [3.63, 3.8) is 0 Å². The fourth-order valence-electron chi connectivity index (χ4n) is 1.74. The molecule has 1 fully saturated rings. The second-order valence-electron chi connectivity index (χ2n) is 3.96. The normalized spacial score (nSPS) is 21.8. The molecular weight excluding hydrogens is 214 g/mol. The van der Waals surface area contributed by atoms with Crippen molar-refractivity contribution in [1.29, 1.82) is 0 Å². The average molecular weight is 233 g/mol. The lowest BCUT2D eigenvalue weighted by molar-refractivity contribution is -0.120. The summed E-state index contributed by atoms with van der Waals surface area (Å²) in [6.45, 7) is 2.54. The molecule has 0 spiro atoms. The van der Waals surface area contributed by atoms with Crippen LogP contribution in [0.1, 0.15) is 32.6 Å². The molecule has 0 aromatic heterocycles. The number of carbonyl (C=O) groups excluding carboxylic acids is 1. The van der Waals surface area contributed by atoms with Crippen molar-refractivity contribution >= 4 is 15.6 Å². The Morgan fingerprint density at radius 2 is 2.20 bits per heavy atom. The molecule has 1 heterocycles. The van der Waals surface area contributed by atoms with E-state index in [1.807, 2.05) is 0 Å². The van der Waals surface area contributed by atoms with Crippen molar-refractivity contribution in [3.8, 4) is 0 Å². The molecule has 0 bridgehead atoms. The molecule has 0 aliphatic carbocycles. The van der Waals surface area contributed by atoms with Gasteiger partial charge in [0.2, 0.25) is 0 Å². The first kappa shape index (κ1) is 12.6. The molecule has 1 aliphatic heterocycles. The van der Waals surface area contributed by atoms with Crippen LogP contribution in [0, 0.1) is 0 Å². The van der Waals surface area contributed by atoms with Crippen LogP contribution in [0.3, 0.4) is 0 Å². The van der Waals surface area contributed by atoms with E-state index in [2.05, 4.69) is 5.32 Å². The zero-order valence-electron chi connectivity index (χ0n) is 9.16. The maximum Gasteiger partial charge on any atom is 0.150 e. The summed E-state index contributed by atoms with van der Waals surface area (Å²) in [6, 6.07) is -0.0191. The van der Waals surface area contributed by atoms with Gasteiger partial charge in [-0.3, -0.25) is 4.79 Å². The second kappa shape index (κ2) is 5.61. The molecule has 0 saturated carbocycles. The van der Waals surface area contributed by atoms with Gasteiger partial charge in [-0.2, -0.15) is 0 Å². The third kappa shape index (κ3) is 4.30. The number of nitrogens with one attached hydrogen (secondary N) is 1. The molecule has 0 radical (unpaired) electrons. The van der Waals surface area contributed by atoms with E-state index < -0.39 is 9.84 Å². The first-order chi connectivity index (χ1) is 7.05. The fourth-order valence-corrected chi connectivity index (χ4v) is 2.62. The molecule has 15 heavy (non-hydrogen) atoms. The Morgan fingerprint density at radius 1 is 1.47 bits per heavy atom. The van der Waals surface area contributed by atoms with Crippen molar-refractivity contribution in [3.05, 3.63) is 0 Å². The van der Waals surface area contributed by atoms with Gasteiger partial charge in [-0.25, -0.2) is 8.42 Å². The van der Waals surface area contributed by atoms with Crippen molar-refractivity contribution < 1.29 is 13.2 Å². The van der Waals surface area contributed by atoms with Crippen LogP contribution >= 0.6 is 0 Å². The van der Waals surface area contributed by atoms with Gasteiger partial charge in [-0.15, -0.1) is 0 Å². The van der Waals surface area contributed by atoms with E-state index in [4.69, 9.17) is 0 Å². The highest BCUT2D eigenvalue weighted by Gasteiger charge is 2.21. The topological polar surface area (TPSA) is 63.2 Å². The second-order valence-corrected chi connectivity index (χ2v) is 6.43. The fraction of sp³-hybridized carbons (Fsp3) is 0.900. The molecule has 1 N–H and O–H groups in total. The van der Waals surface area contributed by atoms with Gasteiger partial charge in [0.05, 0.1) is 11.8 Å². The molecule has 1 aliphatic rings. The van der Waals surface area contributed by atoms with Crippen LogP contribution in [0.25, 0.3) is 0 Å². The molecule has 1 atom stereocenters. The summed E-state index contributed by atoms with van der Waals surface area (Å²) in [7, 11) is -2.91. The standard InChI is InChI=1S/C10H19NO3S/c1-2-15(13,14)8-4-6-10(12)9-5-3-7-11-9/h9,11H,2-8H2,1H3. The van der Waals surface area contributed by atoms with Crippen LogP contribution in [-0.4, -0.2) is 38.3 Å². The zero-order valence-corrected chi connectivity index (χ0v) is 9.98. The van der Waals surface area contributed by atoms with E-state index >= 15 is 0 Å². The van der Waals surface area contributed by atoms with Gasteiger partial charge in [0, 0.05) is 12.2 Å². The highest BCUT2D eigenvalue weighted by Crippen LogP contribution is 2.09. The van der Waals surface area contributed by atoms with Gasteiger partial charge in [0.25, 0.3) is 0 Å². The molecule has 0 amide bonds. The van der Waals surface area contributed by atoms with Crippen molar-refractivity contribution in [1.82, 2.24) is 5.32 Å². The quantitative estimate of drug-likeness (QED) is 0.726. The Morgan fingerprint density at radius 3 is 2.73 bits per heavy atom. The van der Waals surface area contributed by atoms with E-state index in [9.17, 15) is 13.2 Å². The molecule has 1 unspecified atom stereocenters. The largest absolute Gasteiger partial charge is 0.307 e. The van der Waals surface area contributed by atoms with Gasteiger partial charge in [0.15, 0.2) is 0 Å². The van der Waals surface area contributed by atoms with Gasteiger partial charge in [0.1, 0.15) is 15.6 Å². The Labute approximate surface area is 91.4 Å². The van der Waals surface area contributed by atoms with Crippen molar-refractivity contribution in [2.24, 2.45) is 0 Å². The number of hydrogen-bond donors (Lipinski definition) is 1. The van der Waals surface area contributed by atoms with Gasteiger partial charge in [-0.05, 0) is 25.8 Å². The zero-order chi connectivity index (χ0) is 11.3. The monoisotopic (exact) mass is 233 g/mol. The predicted molar refractivity (Wildman–Crippen MR) is 59.6 cm³/mol. The summed E-state index contributed by atoms with van der Waals surface area (Å²) in [5, 5.41) is 3.12. The van der Waals surface area contributed by atoms with Crippen LogP contribution in [-0.2, 0) is 14.6 Å². The lowest BCUT2D eigenvalue weighted by atomic mass is 10.1. The summed E-state index contributed by atoms with van der Waals surface area (Å²) in [6.07, 6.45) is 2.80. The molecule has 0 aromatic carbocycles. The first-order valence-corrected chi connectivity index (χ1v) is 7.34. The molecular formula is C10H19NO3S. The van der Waals surface area contributed by atoms with E-state index in [0.717, 1.165) is 19.4 Å². The SMILES string of the molecule is CCS(=O)(=O)CCCC(=O)C1CCCN1. The maximum atomic E-state index is 11.6. The number of Topliss-reactive ketones (excluding diaryl/α,β-unsaturated/α-hetero) is 1. The van der Waals surface area contributed by atoms with E-state index in [0.29, 0.717) is 12.8 Å². The van der Waals surface area contributed by atoms with Crippen LogP contribution in [0.4, 0.5) is 0 Å². The molecule has 0 aromatic rings. The lowest BCUT2D eigenvalue weighted by Gasteiger charge is -2.08. The molecule has 5 heteroatoms. The number of ketones is 1. The molecule has 1 saturated heterocycles. The summed E-state index contributed by atoms with van der Waals surface area (Å²) >= 11 is 0. The summed E-state index contributed by atoms with van der Waals surface area (Å²) in [4.78, 5) is 11.6. The van der Waals surface area contributed by atoms with Crippen molar-refractivity contribution in [2.45, 2.75) is 38.6 Å². The minimum absolute atomic E-state index is 0.0191.